The third kappa shape index (κ3) is 3.29. The van der Waals surface area contributed by atoms with Gasteiger partial charge in [0, 0.05) is 6.20 Å². The zero-order valence-electron chi connectivity index (χ0n) is 10.7. The molecule has 102 valence electrons. The summed E-state index contributed by atoms with van der Waals surface area (Å²) < 4.78 is 0. The van der Waals surface area contributed by atoms with Gasteiger partial charge < -0.3 is 15.7 Å². The van der Waals surface area contributed by atoms with Crippen molar-refractivity contribution in [3.8, 4) is 0 Å². The van der Waals surface area contributed by atoms with Crippen LogP contribution in [-0.4, -0.2) is 34.6 Å². The molecule has 0 aliphatic carbocycles. The molecule has 1 aliphatic heterocycles. The summed E-state index contributed by atoms with van der Waals surface area (Å²) >= 11 is 0. The first-order valence-corrected chi connectivity index (χ1v) is 6.27. The van der Waals surface area contributed by atoms with Gasteiger partial charge in [0.15, 0.2) is 0 Å². The average Bonchev–Trinajstić information content (AvgIpc) is 2.82. The van der Waals surface area contributed by atoms with Crippen molar-refractivity contribution in [2.75, 3.05) is 6.54 Å². The van der Waals surface area contributed by atoms with Crippen LogP contribution in [0.5, 0.6) is 0 Å². The summed E-state index contributed by atoms with van der Waals surface area (Å²) in [5.74, 6) is -0.744. The van der Waals surface area contributed by atoms with Crippen LogP contribution in [0.1, 0.15) is 29.4 Å². The lowest BCUT2D eigenvalue weighted by molar-refractivity contribution is -0.123. The van der Waals surface area contributed by atoms with E-state index in [1.165, 1.54) is 18.3 Å². The Morgan fingerprint density at radius 2 is 2.37 bits per heavy atom. The molecule has 0 saturated carbocycles. The van der Waals surface area contributed by atoms with Crippen LogP contribution in [0.15, 0.2) is 18.3 Å². The zero-order valence-corrected chi connectivity index (χ0v) is 10.7. The molecule has 3 N–H and O–H groups in total. The quantitative estimate of drug-likeness (QED) is 0.731. The highest BCUT2D eigenvalue weighted by atomic mass is 16.4. The second-order valence-electron chi connectivity index (χ2n) is 4.76. The molecule has 1 fully saturated rings. The van der Waals surface area contributed by atoms with Crippen molar-refractivity contribution < 1.29 is 14.7 Å². The summed E-state index contributed by atoms with van der Waals surface area (Å²) in [6, 6.07) is 2.73. The Bertz CT molecular complexity index is 490. The van der Waals surface area contributed by atoms with Crippen molar-refractivity contribution in [1.82, 2.24) is 15.6 Å². The Morgan fingerprint density at radius 3 is 3.00 bits per heavy atom. The van der Waals surface area contributed by atoms with Gasteiger partial charge in [-0.15, -0.1) is 0 Å². The summed E-state index contributed by atoms with van der Waals surface area (Å²) in [6.45, 7) is 3.13. The molecule has 19 heavy (non-hydrogen) atoms. The fourth-order valence-corrected chi connectivity index (χ4v) is 2.18. The van der Waals surface area contributed by atoms with Crippen molar-refractivity contribution in [3.05, 3.63) is 29.6 Å². The molecule has 1 aromatic heterocycles. The van der Waals surface area contributed by atoms with Crippen LogP contribution in [0.3, 0.4) is 0 Å². The minimum atomic E-state index is -0.999. The highest BCUT2D eigenvalue weighted by Gasteiger charge is 2.28. The number of aromatic carboxylic acids is 1. The van der Waals surface area contributed by atoms with E-state index < -0.39 is 5.97 Å². The first-order chi connectivity index (χ1) is 9.08. The molecular formula is C13H17N3O3. The predicted octanol–water partition coefficient (Wildman–Crippen LogP) is 0.394. The highest BCUT2D eigenvalue weighted by Crippen LogP contribution is 2.14. The number of carbonyl (C=O) groups is 2. The zero-order chi connectivity index (χ0) is 13.8. The number of hydrogen-bond acceptors (Lipinski definition) is 4. The number of carboxylic acid groups (broad SMARTS) is 1. The number of carboxylic acids is 1. The van der Waals surface area contributed by atoms with Crippen molar-refractivity contribution in [1.29, 1.82) is 0 Å². The molecule has 1 aliphatic rings. The van der Waals surface area contributed by atoms with Crippen LogP contribution >= 0.6 is 0 Å². The summed E-state index contributed by atoms with van der Waals surface area (Å²) in [7, 11) is 0. The minimum absolute atomic E-state index is 0.0625. The van der Waals surface area contributed by atoms with Crippen molar-refractivity contribution >= 4 is 11.9 Å². The van der Waals surface area contributed by atoms with E-state index in [9.17, 15) is 9.59 Å². The Kier molecular flexibility index (Phi) is 4.11. The Balaban J connectivity index is 1.93. The molecule has 0 aromatic carbocycles. The molecule has 1 amide bonds. The van der Waals surface area contributed by atoms with Gasteiger partial charge in [-0.2, -0.15) is 0 Å². The third-order valence-electron chi connectivity index (χ3n) is 3.32. The molecular weight excluding hydrogens is 246 g/mol. The largest absolute Gasteiger partial charge is 0.478 e. The van der Waals surface area contributed by atoms with Gasteiger partial charge in [-0.25, -0.2) is 4.79 Å². The second kappa shape index (κ2) is 5.79. The molecule has 2 rings (SSSR count). The van der Waals surface area contributed by atoms with E-state index in [0.717, 1.165) is 13.0 Å². The molecule has 1 saturated heterocycles. The molecule has 6 nitrogen and oxygen atoms in total. The van der Waals surface area contributed by atoms with Crippen LogP contribution in [0.2, 0.25) is 0 Å². The Hall–Kier alpha value is -1.95. The fourth-order valence-electron chi connectivity index (χ4n) is 2.18. The van der Waals surface area contributed by atoms with Gasteiger partial charge in [0.1, 0.15) is 0 Å². The third-order valence-corrected chi connectivity index (χ3v) is 3.32. The predicted molar refractivity (Wildman–Crippen MR) is 68.6 cm³/mol. The van der Waals surface area contributed by atoms with Crippen LogP contribution in [0.25, 0.3) is 0 Å². The maximum absolute atomic E-state index is 11.9. The molecule has 2 atom stereocenters. The van der Waals surface area contributed by atoms with Gasteiger partial charge in [0.05, 0.1) is 23.8 Å². The molecule has 2 unspecified atom stereocenters. The standard InChI is InChI=1S/C13H17N3O3/c1-8-2-4-15-11(8)12(17)16-7-10-6-9(13(18)19)3-5-14-10/h3,5-6,8,11,15H,2,4,7H2,1H3,(H,16,17)(H,18,19). The number of pyridine rings is 1. The van der Waals surface area contributed by atoms with E-state index in [1.807, 2.05) is 6.92 Å². The SMILES string of the molecule is CC1CCNC1C(=O)NCc1cc(C(=O)O)ccn1. The van der Waals surface area contributed by atoms with Gasteiger partial charge in [0.2, 0.25) is 5.91 Å². The minimum Gasteiger partial charge on any atom is -0.478 e. The van der Waals surface area contributed by atoms with Crippen LogP contribution in [0, 0.1) is 5.92 Å². The lowest BCUT2D eigenvalue weighted by atomic mass is 10.0. The van der Waals surface area contributed by atoms with Gasteiger partial charge >= 0.3 is 5.97 Å². The average molecular weight is 263 g/mol. The monoisotopic (exact) mass is 263 g/mol. The van der Waals surface area contributed by atoms with E-state index >= 15 is 0 Å². The Labute approximate surface area is 111 Å². The van der Waals surface area contributed by atoms with Crippen molar-refractivity contribution in [3.63, 3.8) is 0 Å². The molecule has 0 bridgehead atoms. The first kappa shape index (κ1) is 13.5. The Morgan fingerprint density at radius 1 is 1.58 bits per heavy atom. The molecule has 2 heterocycles. The summed E-state index contributed by atoms with van der Waals surface area (Å²) in [6.07, 6.45) is 2.42. The number of hydrogen-bond donors (Lipinski definition) is 3. The van der Waals surface area contributed by atoms with Gasteiger partial charge in [0.25, 0.3) is 0 Å². The number of nitrogens with one attached hydrogen (secondary N) is 2. The second-order valence-corrected chi connectivity index (χ2v) is 4.76. The topological polar surface area (TPSA) is 91.3 Å². The van der Waals surface area contributed by atoms with Crippen molar-refractivity contribution in [2.24, 2.45) is 5.92 Å². The fraction of sp³-hybridized carbons (Fsp3) is 0.462. The number of aromatic nitrogens is 1. The van der Waals surface area contributed by atoms with Crippen LogP contribution in [-0.2, 0) is 11.3 Å². The van der Waals surface area contributed by atoms with E-state index in [4.69, 9.17) is 5.11 Å². The summed E-state index contributed by atoms with van der Waals surface area (Å²) in [4.78, 5) is 26.8. The molecule has 1 aromatic rings. The first-order valence-electron chi connectivity index (χ1n) is 6.27. The van der Waals surface area contributed by atoms with E-state index in [1.54, 1.807) is 0 Å². The highest BCUT2D eigenvalue weighted by molar-refractivity contribution is 5.87. The maximum Gasteiger partial charge on any atom is 0.335 e. The number of amides is 1. The molecule has 0 radical (unpaired) electrons. The van der Waals surface area contributed by atoms with Crippen molar-refractivity contribution in [2.45, 2.75) is 25.9 Å². The summed E-state index contributed by atoms with van der Waals surface area (Å²) in [5, 5.41) is 14.8. The maximum atomic E-state index is 11.9. The molecule has 0 spiro atoms. The number of carbonyl (C=O) groups excluding carboxylic acids is 1. The number of rotatable bonds is 4. The van der Waals surface area contributed by atoms with E-state index in [0.29, 0.717) is 11.6 Å². The lowest BCUT2D eigenvalue weighted by Crippen LogP contribution is -2.43. The van der Waals surface area contributed by atoms with Gasteiger partial charge in [-0.3, -0.25) is 9.78 Å². The van der Waals surface area contributed by atoms with Gasteiger partial charge in [-0.05, 0) is 31.0 Å². The number of nitrogens with zero attached hydrogens (tertiary/aromatic N) is 1. The van der Waals surface area contributed by atoms with E-state index in [-0.39, 0.29) is 24.1 Å². The van der Waals surface area contributed by atoms with Crippen LogP contribution in [0.4, 0.5) is 0 Å². The smallest absolute Gasteiger partial charge is 0.335 e. The summed E-state index contributed by atoms with van der Waals surface area (Å²) in [5.41, 5.74) is 0.713. The molecule has 6 heteroatoms. The van der Waals surface area contributed by atoms with E-state index in [2.05, 4.69) is 15.6 Å². The lowest BCUT2D eigenvalue weighted by Gasteiger charge is -2.15. The van der Waals surface area contributed by atoms with Gasteiger partial charge in [-0.1, -0.05) is 6.92 Å². The normalized spacial score (nSPS) is 22.2. The van der Waals surface area contributed by atoms with Crippen LogP contribution < -0.4 is 10.6 Å².